The number of carbonyl (C=O) groups excluding carboxylic acids is 1. The molecule has 0 unspecified atom stereocenters. The van der Waals surface area contributed by atoms with Gasteiger partial charge in [0, 0.05) is 5.56 Å². The highest BCUT2D eigenvalue weighted by atomic mass is 35.5. The summed E-state index contributed by atoms with van der Waals surface area (Å²) >= 11 is 5.62. The number of hydrogen-bond acceptors (Lipinski definition) is 3. The number of hydrogen-bond donors (Lipinski definition) is 1. The third-order valence-electron chi connectivity index (χ3n) is 1.70. The molecule has 1 rings (SSSR count). The monoisotopic (exact) mass is 230 g/mol. The third kappa shape index (κ3) is 2.47. The van der Waals surface area contributed by atoms with Crippen molar-refractivity contribution in [2.75, 3.05) is 7.11 Å². The minimum Gasteiger partial charge on any atom is -0.501 e. The first-order valence-corrected chi connectivity index (χ1v) is 4.37. The molecule has 0 heterocycles. The smallest absolute Gasteiger partial charge is 0.374 e. The van der Waals surface area contributed by atoms with Crippen molar-refractivity contribution < 1.29 is 19.0 Å². The molecule has 5 heteroatoms. The van der Waals surface area contributed by atoms with Gasteiger partial charge in [-0.2, -0.15) is 0 Å². The lowest BCUT2D eigenvalue weighted by Crippen LogP contribution is -2.05. The fourth-order valence-corrected chi connectivity index (χ4v) is 1.18. The van der Waals surface area contributed by atoms with E-state index in [0.717, 1.165) is 7.11 Å². The maximum absolute atomic E-state index is 13.2. The number of benzene rings is 1. The van der Waals surface area contributed by atoms with Gasteiger partial charge in [-0.1, -0.05) is 29.8 Å². The lowest BCUT2D eigenvalue weighted by molar-refractivity contribution is -0.138. The Hall–Kier alpha value is -1.55. The van der Waals surface area contributed by atoms with E-state index in [1.165, 1.54) is 24.3 Å². The molecule has 0 spiro atoms. The van der Waals surface area contributed by atoms with Crippen molar-refractivity contribution in [2.24, 2.45) is 0 Å². The fourth-order valence-electron chi connectivity index (χ4n) is 0.953. The van der Waals surface area contributed by atoms with Gasteiger partial charge in [0.15, 0.2) is 0 Å². The Morgan fingerprint density at radius 3 is 2.60 bits per heavy atom. The first kappa shape index (κ1) is 11.5. The zero-order valence-electron chi connectivity index (χ0n) is 7.83. The Balaban J connectivity index is 3.19. The predicted molar refractivity (Wildman–Crippen MR) is 53.8 cm³/mol. The van der Waals surface area contributed by atoms with E-state index < -0.39 is 17.5 Å². The van der Waals surface area contributed by atoms with Crippen LogP contribution in [0.4, 0.5) is 4.39 Å². The third-order valence-corrected chi connectivity index (χ3v) is 2.08. The first-order chi connectivity index (χ1) is 7.07. The normalized spacial score (nSPS) is 11.9. The van der Waals surface area contributed by atoms with Crippen molar-refractivity contribution in [1.82, 2.24) is 0 Å². The highest BCUT2D eigenvalue weighted by molar-refractivity contribution is 6.50. The molecule has 0 aliphatic rings. The summed E-state index contributed by atoms with van der Waals surface area (Å²) in [4.78, 5) is 10.9. The average Bonchev–Trinajstić information content (AvgIpc) is 2.26. The molecule has 0 aromatic heterocycles. The summed E-state index contributed by atoms with van der Waals surface area (Å²) < 4.78 is 17.4. The fraction of sp³-hybridized carbons (Fsp3) is 0.100. The van der Waals surface area contributed by atoms with Gasteiger partial charge >= 0.3 is 5.97 Å². The van der Waals surface area contributed by atoms with Crippen LogP contribution in [0.15, 0.2) is 30.0 Å². The average molecular weight is 231 g/mol. The molecule has 0 saturated heterocycles. The van der Waals surface area contributed by atoms with Crippen LogP contribution in [0, 0.1) is 5.82 Å². The van der Waals surface area contributed by atoms with Crippen LogP contribution in [0.1, 0.15) is 5.56 Å². The van der Waals surface area contributed by atoms with E-state index in [2.05, 4.69) is 4.74 Å². The summed E-state index contributed by atoms with van der Waals surface area (Å²) in [6.45, 7) is 0. The minimum absolute atomic E-state index is 0.0536. The van der Waals surface area contributed by atoms with Gasteiger partial charge in [-0.05, 0) is 6.07 Å². The summed E-state index contributed by atoms with van der Waals surface area (Å²) in [7, 11) is 1.09. The summed E-state index contributed by atoms with van der Waals surface area (Å²) in [6, 6.07) is 5.52. The number of methoxy groups -OCH3 is 1. The molecular formula is C10H8ClFO3. The molecule has 0 bridgehead atoms. The Bertz CT molecular complexity index is 415. The first-order valence-electron chi connectivity index (χ1n) is 4.00. The van der Waals surface area contributed by atoms with E-state index >= 15 is 0 Å². The molecule has 0 saturated carbocycles. The Morgan fingerprint density at radius 1 is 1.47 bits per heavy atom. The number of halogens is 2. The highest BCUT2D eigenvalue weighted by Gasteiger charge is 2.16. The minimum atomic E-state index is -1.01. The summed E-state index contributed by atoms with van der Waals surface area (Å²) in [5.41, 5.74) is -0.0536. The molecule has 1 N–H and O–H groups in total. The molecule has 80 valence electrons. The second-order valence-corrected chi connectivity index (χ2v) is 3.01. The van der Waals surface area contributed by atoms with Crippen LogP contribution in [-0.4, -0.2) is 18.2 Å². The van der Waals surface area contributed by atoms with Crippen LogP contribution < -0.4 is 0 Å². The van der Waals surface area contributed by atoms with Gasteiger partial charge in [0.25, 0.3) is 0 Å². The number of aliphatic hydroxyl groups excluding tert-OH is 1. The molecule has 0 atom stereocenters. The van der Waals surface area contributed by atoms with Crippen molar-refractivity contribution in [1.29, 1.82) is 0 Å². The van der Waals surface area contributed by atoms with E-state index in [9.17, 15) is 14.3 Å². The molecule has 0 fully saturated rings. The number of esters is 1. The van der Waals surface area contributed by atoms with Crippen LogP contribution in [0.25, 0.3) is 5.03 Å². The van der Waals surface area contributed by atoms with Gasteiger partial charge in [-0.15, -0.1) is 0 Å². The molecule has 0 aliphatic carbocycles. The number of aliphatic hydroxyl groups is 1. The van der Waals surface area contributed by atoms with E-state index in [-0.39, 0.29) is 10.6 Å². The lowest BCUT2D eigenvalue weighted by atomic mass is 10.2. The molecular weight excluding hydrogens is 223 g/mol. The second kappa shape index (κ2) is 4.79. The highest BCUT2D eigenvalue weighted by Crippen LogP contribution is 2.24. The molecule has 0 amide bonds. The van der Waals surface area contributed by atoms with E-state index in [0.29, 0.717) is 0 Å². The molecule has 1 aromatic carbocycles. The molecule has 15 heavy (non-hydrogen) atoms. The van der Waals surface area contributed by atoms with E-state index in [1.54, 1.807) is 0 Å². The van der Waals surface area contributed by atoms with E-state index in [4.69, 9.17) is 11.6 Å². The Labute approximate surface area is 90.7 Å². The van der Waals surface area contributed by atoms with Gasteiger partial charge < -0.3 is 9.84 Å². The second-order valence-electron chi connectivity index (χ2n) is 2.63. The summed E-state index contributed by atoms with van der Waals surface area (Å²) in [5, 5.41) is 8.90. The topological polar surface area (TPSA) is 46.5 Å². The van der Waals surface area contributed by atoms with Gasteiger partial charge in [0.05, 0.1) is 7.11 Å². The number of ether oxygens (including phenoxy) is 1. The van der Waals surface area contributed by atoms with Gasteiger partial charge in [-0.3, -0.25) is 0 Å². The molecule has 3 nitrogen and oxygen atoms in total. The maximum atomic E-state index is 13.2. The van der Waals surface area contributed by atoms with Crippen LogP contribution >= 0.6 is 11.6 Å². The van der Waals surface area contributed by atoms with Crippen molar-refractivity contribution >= 4 is 22.6 Å². The van der Waals surface area contributed by atoms with Crippen LogP contribution in [-0.2, 0) is 9.53 Å². The SMILES string of the molecule is COC(=O)C(O)=C(Cl)c1ccccc1F. The summed E-state index contributed by atoms with van der Waals surface area (Å²) in [5.74, 6) is -2.45. The van der Waals surface area contributed by atoms with E-state index in [1.807, 2.05) is 0 Å². The van der Waals surface area contributed by atoms with Crippen molar-refractivity contribution in [3.63, 3.8) is 0 Å². The largest absolute Gasteiger partial charge is 0.501 e. The lowest BCUT2D eigenvalue weighted by Gasteiger charge is -2.03. The number of rotatable bonds is 2. The van der Waals surface area contributed by atoms with Crippen LogP contribution in [0.5, 0.6) is 0 Å². The zero-order valence-corrected chi connectivity index (χ0v) is 8.58. The van der Waals surface area contributed by atoms with Crippen molar-refractivity contribution in [2.45, 2.75) is 0 Å². The van der Waals surface area contributed by atoms with Crippen molar-refractivity contribution in [3.05, 3.63) is 41.4 Å². The molecule has 0 aliphatic heterocycles. The maximum Gasteiger partial charge on any atom is 0.374 e. The zero-order chi connectivity index (χ0) is 11.4. The van der Waals surface area contributed by atoms with Crippen molar-refractivity contribution in [3.8, 4) is 0 Å². The number of carbonyl (C=O) groups is 1. The standard InChI is InChI=1S/C10H8ClFO3/c1-15-10(14)9(13)8(11)6-4-2-3-5-7(6)12/h2-5,13H,1H3. The molecule has 0 radical (unpaired) electrons. The van der Waals surface area contributed by atoms with Gasteiger partial charge in [0.2, 0.25) is 5.76 Å². The van der Waals surface area contributed by atoms with Gasteiger partial charge in [0.1, 0.15) is 10.8 Å². The predicted octanol–water partition coefficient (Wildman–Crippen LogP) is 2.46. The van der Waals surface area contributed by atoms with Crippen LogP contribution in [0.2, 0.25) is 0 Å². The summed E-state index contributed by atoms with van der Waals surface area (Å²) in [6.07, 6.45) is 0. The molecule has 1 aromatic rings. The Morgan fingerprint density at radius 2 is 2.07 bits per heavy atom. The van der Waals surface area contributed by atoms with Crippen LogP contribution in [0.3, 0.4) is 0 Å². The Kier molecular flexibility index (Phi) is 3.68. The quantitative estimate of drug-likeness (QED) is 0.482. The van der Waals surface area contributed by atoms with Gasteiger partial charge in [-0.25, -0.2) is 9.18 Å².